The van der Waals surface area contributed by atoms with E-state index in [0.29, 0.717) is 5.69 Å². The van der Waals surface area contributed by atoms with E-state index in [1.165, 1.54) is 18.3 Å². The molecule has 7 heteroatoms. The van der Waals surface area contributed by atoms with Crippen molar-refractivity contribution in [2.24, 2.45) is 0 Å². The van der Waals surface area contributed by atoms with Gasteiger partial charge in [-0.1, -0.05) is 24.2 Å². The Bertz CT molecular complexity index is 707. The van der Waals surface area contributed by atoms with Gasteiger partial charge in [0.15, 0.2) is 11.6 Å². The highest BCUT2D eigenvalue weighted by atomic mass is 35.5. The van der Waals surface area contributed by atoms with Gasteiger partial charge in [0, 0.05) is 17.7 Å². The molecule has 108 valence electrons. The number of carbonyl (C=O) groups excluding carboxylic acids is 1. The van der Waals surface area contributed by atoms with Crippen molar-refractivity contribution >= 4 is 40.5 Å². The molecular weight excluding hydrogens is 316 g/mol. The largest absolute Gasteiger partial charge is 0.339 e. The summed E-state index contributed by atoms with van der Waals surface area (Å²) in [5.74, 6) is -0.573. The van der Waals surface area contributed by atoms with Crippen LogP contribution in [0.15, 0.2) is 37.1 Å². The van der Waals surface area contributed by atoms with E-state index in [9.17, 15) is 9.18 Å². The van der Waals surface area contributed by atoms with Crippen LogP contribution in [0, 0.1) is 5.82 Å². The molecule has 0 radical (unpaired) electrons. The lowest BCUT2D eigenvalue weighted by Gasteiger charge is -2.12. The van der Waals surface area contributed by atoms with Crippen molar-refractivity contribution in [2.75, 3.05) is 5.32 Å². The van der Waals surface area contributed by atoms with Crippen LogP contribution in [-0.4, -0.2) is 15.8 Å². The minimum Gasteiger partial charge on any atom is -0.339 e. The maximum absolute atomic E-state index is 13.9. The summed E-state index contributed by atoms with van der Waals surface area (Å²) in [7, 11) is 0. The molecule has 1 N–H and O–H groups in total. The zero-order valence-electron chi connectivity index (χ0n) is 10.7. The van der Waals surface area contributed by atoms with Crippen LogP contribution in [0.25, 0.3) is 0 Å². The first kappa shape index (κ1) is 15.4. The summed E-state index contributed by atoms with van der Waals surface area (Å²) in [4.78, 5) is 19.1. The number of hydrogen-bond donors (Lipinski definition) is 1. The molecule has 1 aromatic carbocycles. The van der Waals surface area contributed by atoms with Gasteiger partial charge in [-0.05, 0) is 29.8 Å². The highest BCUT2D eigenvalue weighted by molar-refractivity contribution is 6.33. The quantitative estimate of drug-likeness (QED) is 0.667. The lowest BCUT2D eigenvalue weighted by molar-refractivity contribution is -0.114. The second-order valence-electron chi connectivity index (χ2n) is 4.07. The van der Waals surface area contributed by atoms with E-state index in [-0.39, 0.29) is 33.9 Å². The summed E-state index contributed by atoms with van der Waals surface area (Å²) < 4.78 is 13.9. The van der Waals surface area contributed by atoms with Gasteiger partial charge in [-0.2, -0.15) is 4.98 Å². The van der Waals surface area contributed by atoms with Crippen molar-refractivity contribution in [1.82, 2.24) is 9.97 Å². The first-order valence-corrected chi connectivity index (χ1v) is 6.64. The Labute approximate surface area is 130 Å². The summed E-state index contributed by atoms with van der Waals surface area (Å²) in [6.07, 6.45) is 2.35. The van der Waals surface area contributed by atoms with Gasteiger partial charge in [0.2, 0.25) is 5.28 Å². The number of halogens is 3. The van der Waals surface area contributed by atoms with Crippen molar-refractivity contribution < 1.29 is 9.18 Å². The molecule has 0 unspecified atom stereocenters. The number of aromatic nitrogens is 2. The Morgan fingerprint density at radius 1 is 1.43 bits per heavy atom. The van der Waals surface area contributed by atoms with Crippen LogP contribution >= 0.6 is 23.2 Å². The second kappa shape index (κ2) is 6.65. The van der Waals surface area contributed by atoms with Gasteiger partial charge >= 0.3 is 0 Å². The number of nitrogens with one attached hydrogen (secondary N) is 1. The van der Waals surface area contributed by atoms with E-state index < -0.39 is 5.82 Å². The zero-order chi connectivity index (χ0) is 15.4. The van der Waals surface area contributed by atoms with E-state index in [1.807, 2.05) is 0 Å². The van der Waals surface area contributed by atoms with Gasteiger partial charge in [0.1, 0.15) is 10.8 Å². The number of ketones is 1. The van der Waals surface area contributed by atoms with Gasteiger partial charge in [-0.15, -0.1) is 0 Å². The zero-order valence-corrected chi connectivity index (χ0v) is 12.2. The van der Waals surface area contributed by atoms with E-state index in [1.54, 1.807) is 6.07 Å². The van der Waals surface area contributed by atoms with Crippen LogP contribution in [0.3, 0.4) is 0 Å². The molecule has 0 bridgehead atoms. The van der Waals surface area contributed by atoms with Crippen LogP contribution in [0.4, 0.5) is 15.9 Å². The normalized spacial score (nSPS) is 10.2. The molecule has 1 aromatic heterocycles. The molecule has 0 amide bonds. The Morgan fingerprint density at radius 2 is 2.19 bits per heavy atom. The Kier molecular flexibility index (Phi) is 4.88. The third-order valence-corrected chi connectivity index (χ3v) is 3.12. The number of nitrogens with zero attached hydrogens (tertiary/aromatic N) is 2. The summed E-state index contributed by atoms with van der Waals surface area (Å²) >= 11 is 11.6. The minimum absolute atomic E-state index is 0.00187. The molecular formula is C14H10Cl2FN3O. The molecule has 0 atom stereocenters. The number of rotatable bonds is 5. The van der Waals surface area contributed by atoms with Crippen molar-refractivity contribution in [2.45, 2.75) is 6.42 Å². The van der Waals surface area contributed by atoms with Gasteiger partial charge in [0.25, 0.3) is 0 Å². The fourth-order valence-corrected chi connectivity index (χ4v) is 1.93. The SMILES string of the molecule is C=CC(=O)Cc1c(F)cccc1Nc1nc(Cl)ncc1Cl. The predicted molar refractivity (Wildman–Crippen MR) is 80.6 cm³/mol. The van der Waals surface area contributed by atoms with Crippen LogP contribution in [-0.2, 0) is 11.2 Å². The van der Waals surface area contributed by atoms with Crippen molar-refractivity contribution in [3.63, 3.8) is 0 Å². The molecule has 4 nitrogen and oxygen atoms in total. The standard InChI is InChI=1S/C14H10Cl2FN3O/c1-2-8(21)6-9-11(17)4-3-5-12(9)19-13-10(15)7-18-14(16)20-13/h2-5,7H,1,6H2,(H,18,19,20). The summed E-state index contributed by atoms with van der Waals surface area (Å²) in [5.41, 5.74) is 0.579. The number of benzene rings is 1. The Hall–Kier alpha value is -1.98. The third kappa shape index (κ3) is 3.77. The van der Waals surface area contributed by atoms with E-state index in [0.717, 1.165) is 6.08 Å². The first-order chi connectivity index (χ1) is 10.0. The number of allylic oxidation sites excluding steroid dienone is 1. The van der Waals surface area contributed by atoms with Crippen molar-refractivity contribution in [1.29, 1.82) is 0 Å². The van der Waals surface area contributed by atoms with E-state index in [2.05, 4.69) is 21.9 Å². The average molecular weight is 326 g/mol. The number of anilines is 2. The van der Waals surface area contributed by atoms with E-state index in [4.69, 9.17) is 23.2 Å². The molecule has 0 spiro atoms. The summed E-state index contributed by atoms with van der Waals surface area (Å²) in [6, 6.07) is 4.39. The number of carbonyl (C=O) groups is 1. The molecule has 0 aliphatic rings. The molecule has 0 fully saturated rings. The van der Waals surface area contributed by atoms with Gasteiger partial charge in [0.05, 0.1) is 6.20 Å². The molecule has 0 aliphatic carbocycles. The summed E-state index contributed by atoms with van der Waals surface area (Å²) in [5, 5.41) is 3.09. The smallest absolute Gasteiger partial charge is 0.224 e. The minimum atomic E-state index is -0.508. The summed E-state index contributed by atoms with van der Waals surface area (Å²) in [6.45, 7) is 3.37. The van der Waals surface area contributed by atoms with Gasteiger partial charge in [-0.3, -0.25) is 4.79 Å². The average Bonchev–Trinajstić information content (AvgIpc) is 2.46. The van der Waals surface area contributed by atoms with E-state index >= 15 is 0 Å². The van der Waals surface area contributed by atoms with Crippen LogP contribution in [0.5, 0.6) is 0 Å². The van der Waals surface area contributed by atoms with Gasteiger partial charge < -0.3 is 5.32 Å². The van der Waals surface area contributed by atoms with Crippen LogP contribution < -0.4 is 5.32 Å². The highest BCUT2D eigenvalue weighted by Crippen LogP contribution is 2.27. The highest BCUT2D eigenvalue weighted by Gasteiger charge is 2.13. The van der Waals surface area contributed by atoms with Crippen LogP contribution in [0.1, 0.15) is 5.56 Å². The predicted octanol–water partition coefficient (Wildman–Crippen LogP) is 3.96. The molecule has 0 saturated carbocycles. The lowest BCUT2D eigenvalue weighted by atomic mass is 10.1. The topological polar surface area (TPSA) is 54.9 Å². The molecule has 0 aliphatic heterocycles. The molecule has 0 saturated heterocycles. The van der Waals surface area contributed by atoms with Crippen molar-refractivity contribution in [3.8, 4) is 0 Å². The Balaban J connectivity index is 2.39. The fraction of sp³-hybridized carbons (Fsp3) is 0.0714. The maximum atomic E-state index is 13.9. The fourth-order valence-electron chi connectivity index (χ4n) is 1.66. The second-order valence-corrected chi connectivity index (χ2v) is 4.82. The molecule has 21 heavy (non-hydrogen) atoms. The molecule has 2 aromatic rings. The number of hydrogen-bond acceptors (Lipinski definition) is 4. The van der Waals surface area contributed by atoms with Crippen LogP contribution in [0.2, 0.25) is 10.3 Å². The first-order valence-electron chi connectivity index (χ1n) is 5.89. The molecule has 2 rings (SSSR count). The Morgan fingerprint density at radius 3 is 2.90 bits per heavy atom. The van der Waals surface area contributed by atoms with Crippen molar-refractivity contribution in [3.05, 3.63) is 58.7 Å². The monoisotopic (exact) mass is 325 g/mol. The van der Waals surface area contributed by atoms with Gasteiger partial charge in [-0.25, -0.2) is 9.37 Å². The molecule has 1 heterocycles. The lowest BCUT2D eigenvalue weighted by Crippen LogP contribution is -2.06. The maximum Gasteiger partial charge on any atom is 0.224 e. The third-order valence-electron chi connectivity index (χ3n) is 2.67.